The first-order chi connectivity index (χ1) is 16.6. The SMILES string of the molecule is COc1ccc2nc(N(CCCN3CCOCC3)C(=O)CCCSc3ccc(F)cc3)sc2c1.Cl. The number of morpholine rings is 1. The first-order valence-electron chi connectivity index (χ1n) is 11.6. The number of hydrogen-bond donors (Lipinski definition) is 0. The predicted molar refractivity (Wildman–Crippen MR) is 144 cm³/mol. The van der Waals surface area contributed by atoms with Crippen molar-refractivity contribution in [3.8, 4) is 5.75 Å². The Kier molecular flexibility index (Phi) is 11.1. The lowest BCUT2D eigenvalue weighted by atomic mass is 10.2. The van der Waals surface area contributed by atoms with Crippen LogP contribution in [0.15, 0.2) is 47.4 Å². The van der Waals surface area contributed by atoms with Gasteiger partial charge in [0.2, 0.25) is 5.91 Å². The van der Waals surface area contributed by atoms with Gasteiger partial charge in [-0.3, -0.25) is 14.6 Å². The van der Waals surface area contributed by atoms with Gasteiger partial charge in [0.05, 0.1) is 30.5 Å². The third-order valence-electron chi connectivity index (χ3n) is 5.69. The van der Waals surface area contributed by atoms with Gasteiger partial charge in [0.15, 0.2) is 5.13 Å². The van der Waals surface area contributed by atoms with Gasteiger partial charge < -0.3 is 9.47 Å². The highest BCUT2D eigenvalue weighted by atomic mass is 35.5. The highest BCUT2D eigenvalue weighted by molar-refractivity contribution is 7.99. The average Bonchev–Trinajstić information content (AvgIpc) is 3.29. The number of thioether (sulfide) groups is 1. The smallest absolute Gasteiger partial charge is 0.228 e. The van der Waals surface area contributed by atoms with Crippen molar-refractivity contribution in [2.75, 3.05) is 57.2 Å². The summed E-state index contributed by atoms with van der Waals surface area (Å²) in [4.78, 5) is 23.3. The molecule has 0 aliphatic carbocycles. The van der Waals surface area contributed by atoms with Gasteiger partial charge in [0.1, 0.15) is 11.6 Å². The van der Waals surface area contributed by atoms with Gasteiger partial charge in [-0.15, -0.1) is 24.2 Å². The Morgan fingerprint density at radius 3 is 2.71 bits per heavy atom. The second-order valence-corrected chi connectivity index (χ2v) is 10.3. The number of aromatic nitrogens is 1. The number of amides is 1. The number of nitrogens with zero attached hydrogens (tertiary/aromatic N) is 3. The van der Waals surface area contributed by atoms with E-state index in [0.29, 0.717) is 13.0 Å². The predicted octanol–water partition coefficient (Wildman–Crippen LogP) is 5.49. The molecule has 0 spiro atoms. The van der Waals surface area contributed by atoms with Crippen molar-refractivity contribution in [2.24, 2.45) is 0 Å². The Bertz CT molecular complexity index is 1080. The summed E-state index contributed by atoms with van der Waals surface area (Å²) in [5, 5.41) is 0.737. The number of methoxy groups -OCH3 is 1. The third-order valence-corrected chi connectivity index (χ3v) is 7.83. The molecule has 6 nitrogen and oxygen atoms in total. The number of rotatable bonds is 11. The second kappa shape index (κ2) is 14.0. The Balaban J connectivity index is 0.00000342. The van der Waals surface area contributed by atoms with E-state index in [1.165, 1.54) is 23.5 Å². The van der Waals surface area contributed by atoms with Crippen LogP contribution in [0.4, 0.5) is 9.52 Å². The second-order valence-electron chi connectivity index (χ2n) is 8.09. The van der Waals surface area contributed by atoms with Crippen LogP contribution in [-0.2, 0) is 9.53 Å². The summed E-state index contributed by atoms with van der Waals surface area (Å²) in [5.41, 5.74) is 0.874. The minimum Gasteiger partial charge on any atom is -0.497 e. The molecule has 1 amide bonds. The Morgan fingerprint density at radius 2 is 1.97 bits per heavy atom. The molecule has 1 fully saturated rings. The van der Waals surface area contributed by atoms with Gasteiger partial charge in [0.25, 0.3) is 0 Å². The molecule has 0 unspecified atom stereocenters. The molecule has 2 heterocycles. The fourth-order valence-electron chi connectivity index (χ4n) is 3.82. The van der Waals surface area contributed by atoms with Crippen molar-refractivity contribution in [1.82, 2.24) is 9.88 Å². The highest BCUT2D eigenvalue weighted by Crippen LogP contribution is 2.32. The van der Waals surface area contributed by atoms with E-state index in [-0.39, 0.29) is 24.1 Å². The molecule has 1 aliphatic heterocycles. The third kappa shape index (κ3) is 8.05. The maximum Gasteiger partial charge on any atom is 0.228 e. The molecule has 0 radical (unpaired) electrons. The molecule has 0 saturated carbocycles. The van der Waals surface area contributed by atoms with Gasteiger partial charge in [-0.1, -0.05) is 11.3 Å². The summed E-state index contributed by atoms with van der Waals surface area (Å²) in [6, 6.07) is 12.3. The van der Waals surface area contributed by atoms with E-state index in [2.05, 4.69) is 4.90 Å². The first kappa shape index (κ1) is 27.7. The molecule has 0 N–H and O–H groups in total. The molecule has 1 aliphatic rings. The molecule has 4 rings (SSSR count). The van der Waals surface area contributed by atoms with Crippen LogP contribution in [0.1, 0.15) is 19.3 Å². The van der Waals surface area contributed by atoms with Crippen molar-refractivity contribution in [1.29, 1.82) is 0 Å². The zero-order chi connectivity index (χ0) is 23.8. The van der Waals surface area contributed by atoms with Crippen molar-refractivity contribution in [2.45, 2.75) is 24.2 Å². The van der Waals surface area contributed by atoms with Crippen LogP contribution < -0.4 is 9.64 Å². The minimum absolute atomic E-state index is 0. The lowest BCUT2D eigenvalue weighted by molar-refractivity contribution is -0.118. The molecule has 1 aromatic heterocycles. The molecule has 0 bridgehead atoms. The Hall–Kier alpha value is -1.91. The van der Waals surface area contributed by atoms with Crippen LogP contribution in [0.3, 0.4) is 0 Å². The van der Waals surface area contributed by atoms with E-state index in [9.17, 15) is 9.18 Å². The number of fused-ring (bicyclic) bond motifs is 1. The van der Waals surface area contributed by atoms with Crippen LogP contribution in [0.2, 0.25) is 0 Å². The van der Waals surface area contributed by atoms with Gasteiger partial charge in [0, 0.05) is 37.5 Å². The minimum atomic E-state index is -0.235. The van der Waals surface area contributed by atoms with Gasteiger partial charge >= 0.3 is 0 Å². The van der Waals surface area contributed by atoms with Crippen LogP contribution in [0, 0.1) is 5.82 Å². The molecule has 0 atom stereocenters. The number of thiazole rings is 1. The zero-order valence-electron chi connectivity index (χ0n) is 19.8. The maximum atomic E-state index is 13.3. The van der Waals surface area contributed by atoms with Crippen LogP contribution in [0.25, 0.3) is 10.2 Å². The summed E-state index contributed by atoms with van der Waals surface area (Å²) >= 11 is 3.17. The number of anilines is 1. The number of carbonyl (C=O) groups excluding carboxylic acids is 1. The summed E-state index contributed by atoms with van der Waals surface area (Å²) < 4.78 is 24.9. The largest absolute Gasteiger partial charge is 0.497 e. The standard InChI is InChI=1S/C25H30FN3O3S2.ClH/c1-31-20-7-10-22-23(18-20)34-25(27-22)29(12-3-11-28-13-15-32-16-14-28)24(30)4-2-17-33-21-8-5-19(26)6-9-21;/h5-10,18H,2-4,11-17H2,1H3;1H. The van der Waals surface area contributed by atoms with Gasteiger partial charge in [-0.05, 0) is 61.1 Å². The Labute approximate surface area is 220 Å². The number of halogens is 2. The van der Waals surface area contributed by atoms with Crippen LogP contribution in [0.5, 0.6) is 5.75 Å². The fourth-order valence-corrected chi connectivity index (χ4v) is 5.71. The van der Waals surface area contributed by atoms with Crippen LogP contribution in [-0.4, -0.2) is 68.0 Å². The number of carbonyl (C=O) groups is 1. The summed E-state index contributed by atoms with van der Waals surface area (Å²) in [6.07, 6.45) is 2.08. The van der Waals surface area contributed by atoms with E-state index >= 15 is 0 Å². The van der Waals surface area contributed by atoms with Crippen molar-refractivity contribution >= 4 is 56.8 Å². The molecule has 3 aromatic rings. The molecular formula is C25H31ClFN3O3S2. The van der Waals surface area contributed by atoms with E-state index in [1.54, 1.807) is 31.0 Å². The number of ether oxygens (including phenoxy) is 2. The van der Waals surface area contributed by atoms with Crippen molar-refractivity contribution < 1.29 is 18.7 Å². The average molecular weight is 540 g/mol. The topological polar surface area (TPSA) is 54.9 Å². The lowest BCUT2D eigenvalue weighted by Crippen LogP contribution is -2.39. The van der Waals surface area contributed by atoms with E-state index in [1.807, 2.05) is 23.1 Å². The normalized spacial score (nSPS) is 14.0. The quantitative estimate of drug-likeness (QED) is 0.237. The molecule has 35 heavy (non-hydrogen) atoms. The van der Waals surface area contributed by atoms with E-state index in [4.69, 9.17) is 14.5 Å². The first-order valence-corrected chi connectivity index (χ1v) is 13.4. The summed E-state index contributed by atoms with van der Waals surface area (Å²) in [7, 11) is 1.65. The molecule has 2 aromatic carbocycles. The van der Waals surface area contributed by atoms with Gasteiger partial charge in [-0.25, -0.2) is 9.37 Å². The molecule has 1 saturated heterocycles. The van der Waals surface area contributed by atoms with Crippen molar-refractivity contribution in [3.05, 3.63) is 48.3 Å². The van der Waals surface area contributed by atoms with Crippen LogP contribution >= 0.6 is 35.5 Å². The summed E-state index contributed by atoms with van der Waals surface area (Å²) in [6.45, 7) is 5.00. The lowest BCUT2D eigenvalue weighted by Gasteiger charge is -2.27. The van der Waals surface area contributed by atoms with E-state index < -0.39 is 0 Å². The number of hydrogen-bond acceptors (Lipinski definition) is 7. The summed E-state index contributed by atoms with van der Waals surface area (Å²) in [5.74, 6) is 1.44. The van der Waals surface area contributed by atoms with Crippen molar-refractivity contribution in [3.63, 3.8) is 0 Å². The highest BCUT2D eigenvalue weighted by Gasteiger charge is 2.20. The zero-order valence-corrected chi connectivity index (χ0v) is 22.2. The molecule has 10 heteroatoms. The molecular weight excluding hydrogens is 509 g/mol. The van der Waals surface area contributed by atoms with Gasteiger partial charge in [-0.2, -0.15) is 0 Å². The Morgan fingerprint density at radius 1 is 1.20 bits per heavy atom. The monoisotopic (exact) mass is 539 g/mol. The maximum absolute atomic E-state index is 13.3. The number of benzene rings is 2. The fraction of sp³-hybridized carbons (Fsp3) is 0.440. The van der Waals surface area contributed by atoms with E-state index in [0.717, 1.165) is 77.4 Å². The molecule has 190 valence electrons.